The quantitative estimate of drug-likeness (QED) is 0.371. The first kappa shape index (κ1) is 24.1. The number of amides is 2. The lowest BCUT2D eigenvalue weighted by molar-refractivity contribution is -0.384. The van der Waals surface area contributed by atoms with E-state index in [0.717, 1.165) is 18.5 Å². The molecular weight excluding hydrogens is 426 g/mol. The van der Waals surface area contributed by atoms with E-state index in [2.05, 4.69) is 10.6 Å². The zero-order valence-corrected chi connectivity index (χ0v) is 19.2. The molecule has 3 rings (SSSR count). The molecule has 1 aliphatic rings. The van der Waals surface area contributed by atoms with Gasteiger partial charge in [0.15, 0.2) is 0 Å². The number of rotatable bonds is 7. The van der Waals surface area contributed by atoms with E-state index < -0.39 is 10.5 Å². The number of piperidine rings is 1. The molecule has 10 nitrogen and oxygen atoms in total. The average molecular weight is 458 g/mol. The number of carbonyl (C=O) groups excluding carboxylic acids is 2. The second-order valence-corrected chi connectivity index (χ2v) is 8.99. The van der Waals surface area contributed by atoms with Crippen molar-refractivity contribution in [2.45, 2.75) is 45.3 Å². The van der Waals surface area contributed by atoms with Crippen molar-refractivity contribution < 1.29 is 19.2 Å². The number of benzene rings is 1. The van der Waals surface area contributed by atoms with Crippen molar-refractivity contribution in [3.8, 4) is 0 Å². The Kier molecular flexibility index (Phi) is 7.57. The summed E-state index contributed by atoms with van der Waals surface area (Å²) in [5.41, 5.74) is 0.843. The number of anilines is 1. The van der Waals surface area contributed by atoms with Crippen LogP contribution in [-0.2, 0) is 4.74 Å². The highest BCUT2D eigenvalue weighted by Crippen LogP contribution is 2.25. The molecule has 1 aliphatic heterocycles. The summed E-state index contributed by atoms with van der Waals surface area (Å²) in [6, 6.07) is 9.91. The van der Waals surface area contributed by atoms with Crippen LogP contribution in [0.15, 0.2) is 42.6 Å². The van der Waals surface area contributed by atoms with E-state index >= 15 is 0 Å². The molecule has 1 aromatic carbocycles. The number of hydrogen-bond donors (Lipinski definition) is 2. The van der Waals surface area contributed by atoms with Crippen LogP contribution in [0.3, 0.4) is 0 Å². The summed E-state index contributed by atoms with van der Waals surface area (Å²) in [5.74, 6) is -0.167. The molecule has 2 N–H and O–H groups in total. The summed E-state index contributed by atoms with van der Waals surface area (Å²) in [7, 11) is 0. The number of aromatic nitrogens is 1. The lowest BCUT2D eigenvalue weighted by Gasteiger charge is -2.34. The summed E-state index contributed by atoms with van der Waals surface area (Å²) in [6.45, 7) is 7.60. The normalized spacial score (nSPS) is 14.6. The number of nitro benzene ring substituents is 1. The molecule has 0 saturated carbocycles. The van der Waals surface area contributed by atoms with E-state index in [1.54, 1.807) is 23.1 Å². The first-order valence-electron chi connectivity index (χ1n) is 11.1. The third kappa shape index (κ3) is 6.71. The molecule has 0 spiro atoms. The van der Waals surface area contributed by atoms with Gasteiger partial charge in [-0.2, -0.15) is 0 Å². The highest BCUT2D eigenvalue weighted by Gasteiger charge is 2.28. The van der Waals surface area contributed by atoms with Crippen LogP contribution in [0.5, 0.6) is 0 Å². The van der Waals surface area contributed by atoms with Crippen LogP contribution in [0, 0.1) is 10.1 Å². The predicted octanol–water partition coefficient (Wildman–Crippen LogP) is 3.81. The largest absolute Gasteiger partial charge is 0.444 e. The van der Waals surface area contributed by atoms with Crippen molar-refractivity contribution >= 4 is 23.4 Å². The molecule has 2 aromatic rings. The Balaban J connectivity index is 1.46. The highest BCUT2D eigenvalue weighted by molar-refractivity contribution is 5.92. The monoisotopic (exact) mass is 457 g/mol. The number of nitrogens with one attached hydrogen (secondary N) is 2. The molecule has 1 aromatic heterocycles. The van der Waals surface area contributed by atoms with Gasteiger partial charge in [-0.05, 0) is 57.9 Å². The Bertz CT molecular complexity index is 972. The zero-order valence-electron chi connectivity index (χ0n) is 19.2. The number of hydrogen-bond acceptors (Lipinski definition) is 6. The fourth-order valence-corrected chi connectivity index (χ4v) is 3.73. The van der Waals surface area contributed by atoms with Crippen LogP contribution in [0.25, 0.3) is 0 Å². The maximum Gasteiger partial charge on any atom is 0.410 e. The number of nitrogens with zero attached hydrogens (tertiary/aromatic N) is 3. The average Bonchev–Trinajstić information content (AvgIpc) is 3.26. The van der Waals surface area contributed by atoms with E-state index in [0.29, 0.717) is 31.9 Å². The standard InChI is InChI=1S/C23H31N5O5/c1-23(2,3)33-22(30)26-15-10-18(11-16-26)27-14-4-5-20(27)21(29)25-13-12-24-17-6-8-19(9-7-17)28(31)32/h4-9,14,18,24H,10-13,15-16H2,1-3H3,(H,25,29). The van der Waals surface area contributed by atoms with Gasteiger partial charge in [-0.25, -0.2) is 4.79 Å². The van der Waals surface area contributed by atoms with Gasteiger partial charge >= 0.3 is 6.09 Å². The molecule has 2 heterocycles. The summed E-state index contributed by atoms with van der Waals surface area (Å²) in [6.07, 6.45) is 3.09. The molecule has 10 heteroatoms. The molecular formula is C23H31N5O5. The van der Waals surface area contributed by atoms with Crippen molar-refractivity contribution in [1.29, 1.82) is 0 Å². The van der Waals surface area contributed by atoms with E-state index in [1.165, 1.54) is 12.1 Å². The molecule has 2 amide bonds. The first-order chi connectivity index (χ1) is 15.6. The van der Waals surface area contributed by atoms with Crippen LogP contribution in [0.2, 0.25) is 0 Å². The van der Waals surface area contributed by atoms with Gasteiger partial charge in [0.2, 0.25) is 0 Å². The van der Waals surface area contributed by atoms with E-state index in [4.69, 9.17) is 4.74 Å². The highest BCUT2D eigenvalue weighted by atomic mass is 16.6. The molecule has 0 radical (unpaired) electrons. The first-order valence-corrected chi connectivity index (χ1v) is 11.1. The minimum absolute atomic E-state index is 0.0338. The third-order valence-corrected chi connectivity index (χ3v) is 5.34. The summed E-state index contributed by atoms with van der Waals surface area (Å²) in [5, 5.41) is 16.7. The SMILES string of the molecule is CC(C)(C)OC(=O)N1CCC(n2cccc2C(=O)NCCNc2ccc([N+](=O)[O-])cc2)CC1. The summed E-state index contributed by atoms with van der Waals surface area (Å²) < 4.78 is 7.43. The summed E-state index contributed by atoms with van der Waals surface area (Å²) >= 11 is 0. The lowest BCUT2D eigenvalue weighted by atomic mass is 10.0. The van der Waals surface area contributed by atoms with Gasteiger partial charge in [0.25, 0.3) is 11.6 Å². The molecule has 33 heavy (non-hydrogen) atoms. The molecule has 1 saturated heterocycles. The molecule has 0 bridgehead atoms. The number of carbonyl (C=O) groups is 2. The molecule has 178 valence electrons. The molecule has 1 fully saturated rings. The topological polar surface area (TPSA) is 119 Å². The Morgan fingerprint density at radius 2 is 1.79 bits per heavy atom. The van der Waals surface area contributed by atoms with Crippen LogP contribution >= 0.6 is 0 Å². The third-order valence-electron chi connectivity index (χ3n) is 5.34. The molecule has 0 atom stereocenters. The van der Waals surface area contributed by atoms with Crippen LogP contribution < -0.4 is 10.6 Å². The second kappa shape index (κ2) is 10.4. The van der Waals surface area contributed by atoms with Gasteiger partial charge in [0, 0.05) is 56.2 Å². The van der Waals surface area contributed by atoms with Gasteiger partial charge < -0.3 is 24.8 Å². The Hall–Kier alpha value is -3.56. The van der Waals surface area contributed by atoms with Gasteiger partial charge in [0.05, 0.1) is 4.92 Å². The van der Waals surface area contributed by atoms with Crippen molar-refractivity contribution in [3.63, 3.8) is 0 Å². The number of non-ortho nitro benzene ring substituents is 1. The lowest BCUT2D eigenvalue weighted by Crippen LogP contribution is -2.42. The molecule has 0 aliphatic carbocycles. The Morgan fingerprint density at radius 1 is 1.12 bits per heavy atom. The van der Waals surface area contributed by atoms with Crippen molar-refractivity contribution in [2.75, 3.05) is 31.5 Å². The Morgan fingerprint density at radius 3 is 2.39 bits per heavy atom. The van der Waals surface area contributed by atoms with Gasteiger partial charge in [-0.1, -0.05) is 0 Å². The van der Waals surface area contributed by atoms with E-state index in [-0.39, 0.29) is 23.7 Å². The van der Waals surface area contributed by atoms with Crippen LogP contribution in [0.4, 0.5) is 16.2 Å². The minimum Gasteiger partial charge on any atom is -0.444 e. The van der Waals surface area contributed by atoms with Crippen molar-refractivity contribution in [2.24, 2.45) is 0 Å². The van der Waals surface area contributed by atoms with Gasteiger partial charge in [-0.15, -0.1) is 0 Å². The maximum absolute atomic E-state index is 12.7. The Labute approximate surface area is 193 Å². The van der Waals surface area contributed by atoms with Crippen molar-refractivity contribution in [1.82, 2.24) is 14.8 Å². The fourth-order valence-electron chi connectivity index (χ4n) is 3.73. The zero-order chi connectivity index (χ0) is 24.0. The smallest absolute Gasteiger partial charge is 0.410 e. The number of nitro groups is 1. The maximum atomic E-state index is 12.7. The van der Waals surface area contributed by atoms with Gasteiger partial charge in [0.1, 0.15) is 11.3 Å². The second-order valence-electron chi connectivity index (χ2n) is 8.99. The minimum atomic E-state index is -0.521. The van der Waals surface area contributed by atoms with Gasteiger partial charge in [-0.3, -0.25) is 14.9 Å². The van der Waals surface area contributed by atoms with Crippen LogP contribution in [-0.4, -0.2) is 58.2 Å². The van der Waals surface area contributed by atoms with Crippen LogP contribution in [0.1, 0.15) is 50.1 Å². The van der Waals surface area contributed by atoms with Crippen molar-refractivity contribution in [3.05, 3.63) is 58.4 Å². The summed E-state index contributed by atoms with van der Waals surface area (Å²) in [4.78, 5) is 37.0. The van der Waals surface area contributed by atoms with E-state index in [1.807, 2.05) is 37.6 Å². The number of ether oxygens (including phenoxy) is 1. The number of likely N-dealkylation sites (tertiary alicyclic amines) is 1. The van der Waals surface area contributed by atoms with E-state index in [9.17, 15) is 19.7 Å². The fraction of sp³-hybridized carbons (Fsp3) is 0.478. The predicted molar refractivity (Wildman–Crippen MR) is 124 cm³/mol. The molecule has 0 unspecified atom stereocenters.